The zero-order valence-corrected chi connectivity index (χ0v) is 8.76. The Bertz CT molecular complexity index is 215. The summed E-state index contributed by atoms with van der Waals surface area (Å²) in [5.74, 6) is -0.385. The van der Waals surface area contributed by atoms with Crippen LogP contribution in [0.25, 0.3) is 0 Å². The molecule has 0 spiro atoms. The lowest BCUT2D eigenvalue weighted by molar-refractivity contribution is -0.133. The summed E-state index contributed by atoms with van der Waals surface area (Å²) in [6, 6.07) is 0. The molecule has 82 valence electrons. The van der Waals surface area contributed by atoms with E-state index < -0.39 is 0 Å². The van der Waals surface area contributed by atoms with Crippen LogP contribution in [-0.2, 0) is 9.59 Å². The van der Waals surface area contributed by atoms with Gasteiger partial charge in [-0.05, 0) is 12.8 Å². The van der Waals surface area contributed by atoms with Crippen molar-refractivity contribution in [2.24, 2.45) is 17.4 Å². The average Bonchev–Trinajstić information content (AvgIpc) is 2.17. The van der Waals surface area contributed by atoms with Crippen molar-refractivity contribution in [1.82, 2.24) is 4.90 Å². The maximum Gasteiger partial charge on any atom is 0.236 e. The number of rotatable bonds is 2. The second-order valence-corrected chi connectivity index (χ2v) is 3.26. The number of piperidine rings is 1. The molecule has 0 aromatic rings. The molecule has 0 radical (unpaired) electrons. The van der Waals surface area contributed by atoms with Gasteiger partial charge in [0.2, 0.25) is 11.8 Å². The van der Waals surface area contributed by atoms with Gasteiger partial charge in [-0.1, -0.05) is 0 Å². The van der Waals surface area contributed by atoms with Crippen LogP contribution in [0, 0.1) is 5.92 Å². The van der Waals surface area contributed by atoms with E-state index in [1.165, 1.54) is 0 Å². The van der Waals surface area contributed by atoms with Gasteiger partial charge in [0.25, 0.3) is 0 Å². The van der Waals surface area contributed by atoms with Crippen LogP contribution in [0.4, 0.5) is 0 Å². The summed E-state index contributed by atoms with van der Waals surface area (Å²) in [5, 5.41) is 0. The van der Waals surface area contributed by atoms with E-state index in [0.29, 0.717) is 25.9 Å². The number of amides is 2. The fourth-order valence-corrected chi connectivity index (χ4v) is 1.54. The molecule has 0 atom stereocenters. The lowest BCUT2D eigenvalue weighted by Crippen LogP contribution is -2.44. The zero-order valence-electron chi connectivity index (χ0n) is 7.94. The Morgan fingerprint density at radius 2 is 1.79 bits per heavy atom. The first-order valence-electron chi connectivity index (χ1n) is 4.42. The van der Waals surface area contributed by atoms with E-state index in [4.69, 9.17) is 11.5 Å². The van der Waals surface area contributed by atoms with Gasteiger partial charge in [-0.25, -0.2) is 0 Å². The van der Waals surface area contributed by atoms with Gasteiger partial charge >= 0.3 is 0 Å². The molecule has 1 aliphatic rings. The van der Waals surface area contributed by atoms with Crippen LogP contribution < -0.4 is 11.5 Å². The Morgan fingerprint density at radius 3 is 2.14 bits per heavy atom. The number of likely N-dealkylation sites (tertiary alicyclic amines) is 1. The predicted octanol–water partition coefficient (Wildman–Crippen LogP) is -0.909. The maximum absolute atomic E-state index is 11.1. The minimum Gasteiger partial charge on any atom is -0.369 e. The van der Waals surface area contributed by atoms with Gasteiger partial charge in [0, 0.05) is 19.0 Å². The van der Waals surface area contributed by atoms with E-state index in [2.05, 4.69) is 0 Å². The molecule has 2 amide bonds. The highest BCUT2D eigenvalue weighted by molar-refractivity contribution is 5.85. The van der Waals surface area contributed by atoms with Crippen LogP contribution in [0.15, 0.2) is 0 Å². The number of hydrogen-bond donors (Lipinski definition) is 2. The van der Waals surface area contributed by atoms with Gasteiger partial charge in [0.15, 0.2) is 0 Å². The molecule has 0 aromatic heterocycles. The first kappa shape index (κ1) is 13.2. The van der Waals surface area contributed by atoms with Crippen LogP contribution >= 0.6 is 12.4 Å². The van der Waals surface area contributed by atoms with E-state index in [1.807, 2.05) is 0 Å². The Labute approximate surface area is 89.2 Å². The van der Waals surface area contributed by atoms with Crippen LogP contribution in [0.3, 0.4) is 0 Å². The highest BCUT2D eigenvalue weighted by atomic mass is 35.5. The lowest BCUT2D eigenvalue weighted by Gasteiger charge is -2.30. The monoisotopic (exact) mass is 221 g/mol. The Balaban J connectivity index is 0.00000169. The summed E-state index contributed by atoms with van der Waals surface area (Å²) in [6.07, 6.45) is 1.34. The number of nitrogens with two attached hydrogens (primary N) is 2. The van der Waals surface area contributed by atoms with E-state index in [0.717, 1.165) is 0 Å². The Kier molecular flexibility index (Phi) is 5.49. The summed E-state index contributed by atoms with van der Waals surface area (Å²) in [6.45, 7) is 1.24. The molecule has 0 aromatic carbocycles. The van der Waals surface area contributed by atoms with Crippen molar-refractivity contribution < 1.29 is 9.59 Å². The fraction of sp³-hybridized carbons (Fsp3) is 0.750. The van der Waals surface area contributed by atoms with Crippen molar-refractivity contribution in [3.05, 3.63) is 0 Å². The normalized spacial score (nSPS) is 17.4. The minimum atomic E-state index is -0.264. The van der Waals surface area contributed by atoms with Crippen LogP contribution in [-0.4, -0.2) is 36.3 Å². The third-order valence-corrected chi connectivity index (χ3v) is 2.42. The van der Waals surface area contributed by atoms with Crippen molar-refractivity contribution in [1.29, 1.82) is 0 Å². The van der Waals surface area contributed by atoms with Crippen LogP contribution in [0.2, 0.25) is 0 Å². The van der Waals surface area contributed by atoms with Gasteiger partial charge in [0.05, 0.1) is 6.54 Å². The molecule has 1 heterocycles. The minimum absolute atomic E-state index is 0. The molecule has 4 N–H and O–H groups in total. The molecule has 1 saturated heterocycles. The Morgan fingerprint density at radius 1 is 1.29 bits per heavy atom. The van der Waals surface area contributed by atoms with Gasteiger partial charge in [-0.15, -0.1) is 12.4 Å². The first-order chi connectivity index (χ1) is 6.15. The van der Waals surface area contributed by atoms with Crippen molar-refractivity contribution in [2.45, 2.75) is 12.8 Å². The molecule has 1 rings (SSSR count). The van der Waals surface area contributed by atoms with E-state index in [9.17, 15) is 9.59 Å². The van der Waals surface area contributed by atoms with Crippen molar-refractivity contribution in [2.75, 3.05) is 19.6 Å². The summed E-state index contributed by atoms with van der Waals surface area (Å²) in [7, 11) is 0. The molecule has 6 heteroatoms. The van der Waals surface area contributed by atoms with Gasteiger partial charge < -0.3 is 16.4 Å². The van der Waals surface area contributed by atoms with Crippen molar-refractivity contribution in [3.8, 4) is 0 Å². The number of nitrogens with zero attached hydrogens (tertiary/aromatic N) is 1. The van der Waals surface area contributed by atoms with Gasteiger partial charge in [-0.2, -0.15) is 0 Å². The second-order valence-electron chi connectivity index (χ2n) is 3.26. The quantitative estimate of drug-likeness (QED) is 0.633. The van der Waals surface area contributed by atoms with Crippen LogP contribution in [0.5, 0.6) is 0 Å². The highest BCUT2D eigenvalue weighted by Crippen LogP contribution is 2.16. The molecule has 1 aliphatic heterocycles. The van der Waals surface area contributed by atoms with Crippen molar-refractivity contribution in [3.63, 3.8) is 0 Å². The summed E-state index contributed by atoms with van der Waals surface area (Å²) in [4.78, 5) is 23.6. The van der Waals surface area contributed by atoms with Gasteiger partial charge in [0.1, 0.15) is 0 Å². The number of halogens is 1. The van der Waals surface area contributed by atoms with Gasteiger partial charge in [-0.3, -0.25) is 9.59 Å². The summed E-state index contributed by atoms with van der Waals surface area (Å²) in [5.41, 5.74) is 10.4. The first-order valence-corrected chi connectivity index (χ1v) is 4.42. The number of carbonyl (C=O) groups is 2. The molecule has 0 aliphatic carbocycles. The molecular weight excluding hydrogens is 206 g/mol. The molecule has 0 saturated carbocycles. The highest BCUT2D eigenvalue weighted by Gasteiger charge is 2.24. The number of carbonyl (C=O) groups excluding carboxylic acids is 2. The molecule has 5 nitrogen and oxygen atoms in total. The second kappa shape index (κ2) is 5.82. The topological polar surface area (TPSA) is 89.4 Å². The fourth-order valence-electron chi connectivity index (χ4n) is 1.54. The average molecular weight is 222 g/mol. The summed E-state index contributed by atoms with van der Waals surface area (Å²) >= 11 is 0. The van der Waals surface area contributed by atoms with E-state index in [-0.39, 0.29) is 36.7 Å². The number of hydrogen-bond acceptors (Lipinski definition) is 3. The molecular formula is C8H16ClN3O2. The maximum atomic E-state index is 11.1. The molecule has 0 bridgehead atoms. The van der Waals surface area contributed by atoms with Crippen molar-refractivity contribution >= 4 is 24.2 Å². The lowest BCUT2D eigenvalue weighted by atomic mass is 9.96. The van der Waals surface area contributed by atoms with Crippen LogP contribution in [0.1, 0.15) is 12.8 Å². The number of primary amides is 1. The molecule has 14 heavy (non-hydrogen) atoms. The zero-order chi connectivity index (χ0) is 9.84. The molecule has 0 unspecified atom stereocenters. The predicted molar refractivity (Wildman–Crippen MR) is 54.8 cm³/mol. The molecule has 1 fully saturated rings. The standard InChI is InChI=1S/C8H15N3O2.ClH/c9-5-7(12)11-3-1-6(2-4-11)8(10)13;/h6H,1-5,9H2,(H2,10,13);1H. The SMILES string of the molecule is Cl.NCC(=O)N1CCC(C(N)=O)CC1. The largest absolute Gasteiger partial charge is 0.369 e. The Hall–Kier alpha value is -0.810. The third-order valence-electron chi connectivity index (χ3n) is 2.42. The summed E-state index contributed by atoms with van der Waals surface area (Å²) < 4.78 is 0. The third kappa shape index (κ3) is 3.16. The van der Waals surface area contributed by atoms with E-state index in [1.54, 1.807) is 4.90 Å². The smallest absolute Gasteiger partial charge is 0.236 e. The van der Waals surface area contributed by atoms with E-state index >= 15 is 0 Å².